The van der Waals surface area contributed by atoms with Crippen LogP contribution in [0.15, 0.2) is 41.1 Å². The number of nitrogens with zero attached hydrogens (tertiary/aromatic N) is 1. The van der Waals surface area contributed by atoms with Crippen molar-refractivity contribution in [3.8, 4) is 5.75 Å². The molecule has 0 radical (unpaired) electrons. The van der Waals surface area contributed by atoms with E-state index in [0.29, 0.717) is 6.61 Å². The lowest BCUT2D eigenvalue weighted by molar-refractivity contribution is 0.249. The van der Waals surface area contributed by atoms with Gasteiger partial charge in [0.15, 0.2) is 5.76 Å². The number of aryl methyl sites for hydroxylation is 1. The Labute approximate surface area is 88.7 Å². The van der Waals surface area contributed by atoms with Crippen molar-refractivity contribution in [3.05, 3.63) is 47.9 Å². The van der Waals surface area contributed by atoms with E-state index in [0.717, 1.165) is 17.9 Å². The van der Waals surface area contributed by atoms with E-state index in [2.05, 4.69) is 24.2 Å². The van der Waals surface area contributed by atoms with Crippen LogP contribution in [0.2, 0.25) is 0 Å². The SMILES string of the molecule is CCc1ccc(OCc2ccno2)cc1. The van der Waals surface area contributed by atoms with Crippen LogP contribution in [0.4, 0.5) is 0 Å². The van der Waals surface area contributed by atoms with Crippen molar-refractivity contribution in [2.75, 3.05) is 0 Å². The fraction of sp³-hybridized carbons (Fsp3) is 0.250. The molecule has 0 aliphatic heterocycles. The smallest absolute Gasteiger partial charge is 0.174 e. The molecule has 78 valence electrons. The highest BCUT2D eigenvalue weighted by atomic mass is 16.5. The van der Waals surface area contributed by atoms with E-state index in [4.69, 9.17) is 9.26 Å². The number of hydrogen-bond donors (Lipinski definition) is 0. The number of aromatic nitrogens is 1. The van der Waals surface area contributed by atoms with Crippen LogP contribution in [0.3, 0.4) is 0 Å². The summed E-state index contributed by atoms with van der Waals surface area (Å²) in [6.45, 7) is 2.55. The zero-order valence-corrected chi connectivity index (χ0v) is 8.64. The van der Waals surface area contributed by atoms with Crippen LogP contribution in [0, 0.1) is 0 Å². The summed E-state index contributed by atoms with van der Waals surface area (Å²) in [5, 5.41) is 3.61. The number of hydrogen-bond acceptors (Lipinski definition) is 3. The van der Waals surface area contributed by atoms with Gasteiger partial charge in [-0.3, -0.25) is 0 Å². The molecule has 3 nitrogen and oxygen atoms in total. The Morgan fingerprint density at radius 1 is 1.20 bits per heavy atom. The predicted octanol–water partition coefficient (Wildman–Crippen LogP) is 2.82. The fourth-order valence-electron chi connectivity index (χ4n) is 1.29. The summed E-state index contributed by atoms with van der Waals surface area (Å²) in [6, 6.07) is 9.86. The van der Waals surface area contributed by atoms with E-state index in [1.54, 1.807) is 12.3 Å². The Balaban J connectivity index is 1.93. The maximum Gasteiger partial charge on any atom is 0.174 e. The normalized spacial score (nSPS) is 10.2. The van der Waals surface area contributed by atoms with Gasteiger partial charge < -0.3 is 9.26 Å². The predicted molar refractivity (Wildman–Crippen MR) is 56.7 cm³/mol. The number of benzene rings is 1. The lowest BCUT2D eigenvalue weighted by Gasteiger charge is -2.04. The van der Waals surface area contributed by atoms with Crippen LogP contribution in [0.5, 0.6) is 5.75 Å². The highest BCUT2D eigenvalue weighted by molar-refractivity contribution is 5.27. The van der Waals surface area contributed by atoms with Crippen molar-refractivity contribution in [1.29, 1.82) is 0 Å². The summed E-state index contributed by atoms with van der Waals surface area (Å²) in [5.41, 5.74) is 1.31. The fourth-order valence-corrected chi connectivity index (χ4v) is 1.29. The number of rotatable bonds is 4. The molecule has 0 saturated carbocycles. The lowest BCUT2D eigenvalue weighted by Crippen LogP contribution is -1.93. The molecule has 0 unspecified atom stereocenters. The molecule has 2 rings (SSSR count). The van der Waals surface area contributed by atoms with Crippen LogP contribution in [-0.4, -0.2) is 5.16 Å². The molecule has 0 amide bonds. The third kappa shape index (κ3) is 2.59. The van der Waals surface area contributed by atoms with Crippen LogP contribution in [0.1, 0.15) is 18.2 Å². The van der Waals surface area contributed by atoms with Gasteiger partial charge in [0, 0.05) is 6.07 Å². The molecule has 1 aromatic heterocycles. The van der Waals surface area contributed by atoms with E-state index in [-0.39, 0.29) is 0 Å². The minimum Gasteiger partial charge on any atom is -0.486 e. The molecule has 1 heterocycles. The van der Waals surface area contributed by atoms with E-state index in [1.807, 2.05) is 12.1 Å². The first kappa shape index (κ1) is 9.77. The summed E-state index contributed by atoms with van der Waals surface area (Å²) in [5.74, 6) is 1.58. The highest BCUT2D eigenvalue weighted by Gasteiger charge is 1.98. The zero-order valence-electron chi connectivity index (χ0n) is 8.64. The van der Waals surface area contributed by atoms with Gasteiger partial charge in [-0.1, -0.05) is 24.2 Å². The topological polar surface area (TPSA) is 35.3 Å². The Bertz CT molecular complexity index is 392. The molecule has 0 aliphatic rings. The first-order chi connectivity index (χ1) is 7.38. The molecule has 1 aromatic carbocycles. The van der Waals surface area contributed by atoms with E-state index >= 15 is 0 Å². The van der Waals surface area contributed by atoms with Gasteiger partial charge >= 0.3 is 0 Å². The van der Waals surface area contributed by atoms with Crippen molar-refractivity contribution in [1.82, 2.24) is 5.16 Å². The summed E-state index contributed by atoms with van der Waals surface area (Å²) in [7, 11) is 0. The van der Waals surface area contributed by atoms with E-state index in [9.17, 15) is 0 Å². The zero-order chi connectivity index (χ0) is 10.5. The van der Waals surface area contributed by atoms with Gasteiger partial charge in [-0.15, -0.1) is 0 Å². The van der Waals surface area contributed by atoms with Gasteiger partial charge in [-0.2, -0.15) is 0 Å². The monoisotopic (exact) mass is 203 g/mol. The second-order valence-electron chi connectivity index (χ2n) is 3.26. The Kier molecular flexibility index (Phi) is 3.02. The van der Waals surface area contributed by atoms with Crippen molar-refractivity contribution < 1.29 is 9.26 Å². The molecule has 0 saturated heterocycles. The van der Waals surface area contributed by atoms with Crippen molar-refractivity contribution in [3.63, 3.8) is 0 Å². The maximum absolute atomic E-state index is 5.52. The third-order valence-electron chi connectivity index (χ3n) is 2.20. The first-order valence-electron chi connectivity index (χ1n) is 5.00. The highest BCUT2D eigenvalue weighted by Crippen LogP contribution is 2.14. The van der Waals surface area contributed by atoms with Gasteiger partial charge in [0.2, 0.25) is 0 Å². The average Bonchev–Trinajstić information content (AvgIpc) is 2.80. The molecule has 15 heavy (non-hydrogen) atoms. The summed E-state index contributed by atoms with van der Waals surface area (Å²) in [6.07, 6.45) is 2.65. The second kappa shape index (κ2) is 4.64. The van der Waals surface area contributed by atoms with Crippen molar-refractivity contribution in [2.45, 2.75) is 20.0 Å². The molecule has 0 aliphatic carbocycles. The molecule has 0 atom stereocenters. The maximum atomic E-state index is 5.52. The number of ether oxygens (including phenoxy) is 1. The van der Waals surface area contributed by atoms with Crippen LogP contribution >= 0.6 is 0 Å². The molecular weight excluding hydrogens is 190 g/mol. The molecular formula is C12H13NO2. The largest absolute Gasteiger partial charge is 0.486 e. The van der Waals surface area contributed by atoms with Gasteiger partial charge in [0.05, 0.1) is 6.20 Å². The van der Waals surface area contributed by atoms with Crippen molar-refractivity contribution in [2.24, 2.45) is 0 Å². The summed E-state index contributed by atoms with van der Waals surface area (Å²) >= 11 is 0. The van der Waals surface area contributed by atoms with Gasteiger partial charge in [0.1, 0.15) is 12.4 Å². The molecule has 0 fully saturated rings. The summed E-state index contributed by atoms with van der Waals surface area (Å²) in [4.78, 5) is 0. The van der Waals surface area contributed by atoms with Crippen LogP contribution in [0.25, 0.3) is 0 Å². The first-order valence-corrected chi connectivity index (χ1v) is 5.00. The van der Waals surface area contributed by atoms with E-state index < -0.39 is 0 Å². The quantitative estimate of drug-likeness (QED) is 0.766. The average molecular weight is 203 g/mol. The molecule has 0 spiro atoms. The van der Waals surface area contributed by atoms with E-state index in [1.165, 1.54) is 5.56 Å². The minimum absolute atomic E-state index is 0.422. The standard InChI is InChI=1S/C12H13NO2/c1-2-10-3-5-11(6-4-10)14-9-12-7-8-13-15-12/h3-8H,2,9H2,1H3. The Hall–Kier alpha value is -1.77. The molecule has 2 aromatic rings. The molecule has 0 bridgehead atoms. The molecule has 3 heteroatoms. The third-order valence-corrected chi connectivity index (χ3v) is 2.20. The minimum atomic E-state index is 0.422. The van der Waals surface area contributed by atoms with Crippen molar-refractivity contribution >= 4 is 0 Å². The Morgan fingerprint density at radius 3 is 2.60 bits per heavy atom. The van der Waals surface area contributed by atoms with Gasteiger partial charge in [-0.05, 0) is 24.1 Å². The Morgan fingerprint density at radius 2 is 2.00 bits per heavy atom. The van der Waals surface area contributed by atoms with Gasteiger partial charge in [0.25, 0.3) is 0 Å². The summed E-state index contributed by atoms with van der Waals surface area (Å²) < 4.78 is 10.4. The van der Waals surface area contributed by atoms with Crippen LogP contribution < -0.4 is 4.74 Å². The van der Waals surface area contributed by atoms with Gasteiger partial charge in [-0.25, -0.2) is 0 Å². The van der Waals surface area contributed by atoms with Crippen LogP contribution in [-0.2, 0) is 13.0 Å². The lowest BCUT2D eigenvalue weighted by atomic mass is 10.2. The second-order valence-corrected chi connectivity index (χ2v) is 3.26. The molecule has 0 N–H and O–H groups in total.